The maximum Gasteiger partial charge on any atom is 0.251 e. The average Bonchev–Trinajstić information content (AvgIpc) is 2.53. The fourth-order valence-electron chi connectivity index (χ4n) is 2.61. The molecule has 1 aromatic rings. The average molecular weight is 356 g/mol. The summed E-state index contributed by atoms with van der Waals surface area (Å²) in [6.07, 6.45) is -0.318. The second-order valence-corrected chi connectivity index (χ2v) is 8.10. The Balaban J connectivity index is 2.16. The third-order valence-electron chi connectivity index (χ3n) is 3.79. The smallest absolute Gasteiger partial charge is 0.251 e. The van der Waals surface area contributed by atoms with Crippen LogP contribution in [0, 0.1) is 0 Å². The minimum Gasteiger partial charge on any atom is -0.394 e. The summed E-state index contributed by atoms with van der Waals surface area (Å²) in [7, 11) is -3.62. The Bertz CT molecular complexity index is 664. The lowest BCUT2D eigenvalue weighted by Gasteiger charge is -2.34. The minimum absolute atomic E-state index is 0.149. The van der Waals surface area contributed by atoms with Gasteiger partial charge < -0.3 is 15.2 Å². The summed E-state index contributed by atoms with van der Waals surface area (Å²) in [5, 5.41) is 11.6. The summed E-state index contributed by atoms with van der Waals surface area (Å²) in [6, 6.07) is 5.44. The van der Waals surface area contributed by atoms with Gasteiger partial charge in [0.25, 0.3) is 5.91 Å². The first-order valence-corrected chi connectivity index (χ1v) is 9.35. The molecule has 2 N–H and O–H groups in total. The first kappa shape index (κ1) is 18.9. The summed E-state index contributed by atoms with van der Waals surface area (Å²) >= 11 is 0. The van der Waals surface area contributed by atoms with E-state index in [9.17, 15) is 13.2 Å². The van der Waals surface area contributed by atoms with Gasteiger partial charge in [0, 0.05) is 24.7 Å². The number of aliphatic hydroxyl groups excluding tert-OH is 1. The van der Waals surface area contributed by atoms with Gasteiger partial charge >= 0.3 is 0 Å². The molecular formula is C16H24N2O5S. The van der Waals surface area contributed by atoms with E-state index >= 15 is 0 Å². The van der Waals surface area contributed by atoms with Crippen molar-refractivity contribution in [1.29, 1.82) is 0 Å². The molecule has 1 amide bonds. The van der Waals surface area contributed by atoms with Crippen LogP contribution in [0.15, 0.2) is 29.2 Å². The summed E-state index contributed by atoms with van der Waals surface area (Å²) in [5.41, 5.74) is 0.345. The molecule has 1 aliphatic heterocycles. The van der Waals surface area contributed by atoms with Gasteiger partial charge in [-0.1, -0.05) is 0 Å². The number of morpholine rings is 1. The van der Waals surface area contributed by atoms with Gasteiger partial charge in [0.15, 0.2) is 0 Å². The number of amides is 1. The lowest BCUT2D eigenvalue weighted by Crippen LogP contribution is -2.48. The van der Waals surface area contributed by atoms with Crippen LogP contribution in [-0.4, -0.2) is 61.7 Å². The number of hydrogen-bond acceptors (Lipinski definition) is 5. The second-order valence-electron chi connectivity index (χ2n) is 6.16. The van der Waals surface area contributed by atoms with Crippen molar-refractivity contribution in [3.63, 3.8) is 0 Å². The van der Waals surface area contributed by atoms with Crippen LogP contribution < -0.4 is 5.32 Å². The van der Waals surface area contributed by atoms with Gasteiger partial charge in [0.2, 0.25) is 10.0 Å². The molecule has 0 spiro atoms. The Morgan fingerprint density at radius 3 is 2.33 bits per heavy atom. The summed E-state index contributed by atoms with van der Waals surface area (Å²) in [6.45, 7) is 5.82. The molecule has 0 radical (unpaired) electrons. The molecule has 8 heteroatoms. The van der Waals surface area contributed by atoms with Gasteiger partial charge in [0.1, 0.15) is 0 Å². The SMILES string of the molecule is C[C@@H](CO)NC(=O)c1ccc(S(=O)(=O)N2C[C@H](C)O[C@@H](C)C2)cc1. The van der Waals surface area contributed by atoms with Crippen molar-refractivity contribution >= 4 is 15.9 Å². The van der Waals surface area contributed by atoms with Crippen LogP contribution in [0.5, 0.6) is 0 Å². The minimum atomic E-state index is -3.62. The molecule has 1 fully saturated rings. The molecule has 0 aliphatic carbocycles. The molecule has 134 valence electrons. The molecule has 1 heterocycles. The number of sulfonamides is 1. The number of benzene rings is 1. The zero-order valence-electron chi connectivity index (χ0n) is 14.1. The fourth-order valence-corrected chi connectivity index (χ4v) is 4.20. The largest absolute Gasteiger partial charge is 0.394 e. The number of nitrogens with zero attached hydrogens (tertiary/aromatic N) is 1. The first-order chi connectivity index (χ1) is 11.2. The van der Waals surface area contributed by atoms with Crippen LogP contribution in [0.1, 0.15) is 31.1 Å². The zero-order valence-corrected chi connectivity index (χ0v) is 14.9. The maximum absolute atomic E-state index is 12.7. The molecule has 24 heavy (non-hydrogen) atoms. The van der Waals surface area contributed by atoms with Gasteiger partial charge in [0.05, 0.1) is 23.7 Å². The predicted molar refractivity (Wildman–Crippen MR) is 89.2 cm³/mol. The number of carbonyl (C=O) groups is 1. The summed E-state index contributed by atoms with van der Waals surface area (Å²) in [4.78, 5) is 12.1. The molecule has 0 saturated carbocycles. The highest BCUT2D eigenvalue weighted by Crippen LogP contribution is 2.21. The van der Waals surface area contributed by atoms with Crippen molar-refractivity contribution in [2.45, 2.75) is 43.9 Å². The topological polar surface area (TPSA) is 95.9 Å². The highest BCUT2D eigenvalue weighted by molar-refractivity contribution is 7.89. The van der Waals surface area contributed by atoms with Gasteiger partial charge in [-0.2, -0.15) is 4.31 Å². The highest BCUT2D eigenvalue weighted by Gasteiger charge is 2.32. The van der Waals surface area contributed by atoms with Crippen molar-refractivity contribution in [3.8, 4) is 0 Å². The number of rotatable bonds is 5. The van der Waals surface area contributed by atoms with E-state index in [1.807, 2.05) is 13.8 Å². The molecule has 1 saturated heterocycles. The van der Waals surface area contributed by atoms with Crippen LogP contribution in [0.3, 0.4) is 0 Å². The molecule has 7 nitrogen and oxygen atoms in total. The number of ether oxygens (including phenoxy) is 1. The third kappa shape index (κ3) is 4.32. The molecule has 3 atom stereocenters. The molecule has 1 aliphatic rings. The van der Waals surface area contributed by atoms with Gasteiger partial charge in [-0.05, 0) is 45.0 Å². The maximum atomic E-state index is 12.7. The second kappa shape index (κ2) is 7.60. The van der Waals surface area contributed by atoms with Gasteiger partial charge in [-0.15, -0.1) is 0 Å². The predicted octanol–water partition coefficient (Wildman–Crippen LogP) is 0.595. The molecule has 2 rings (SSSR count). The summed E-state index contributed by atoms with van der Waals surface area (Å²) < 4.78 is 32.4. The van der Waals surface area contributed by atoms with Crippen molar-refractivity contribution in [3.05, 3.63) is 29.8 Å². The van der Waals surface area contributed by atoms with Crippen molar-refractivity contribution < 1.29 is 23.1 Å². The molecule has 0 bridgehead atoms. The van der Waals surface area contributed by atoms with Crippen LogP contribution in [-0.2, 0) is 14.8 Å². The number of aliphatic hydroxyl groups is 1. The molecule has 0 aromatic heterocycles. The highest BCUT2D eigenvalue weighted by atomic mass is 32.2. The Hall–Kier alpha value is -1.48. The monoisotopic (exact) mass is 356 g/mol. The van der Waals surface area contributed by atoms with Crippen molar-refractivity contribution in [2.24, 2.45) is 0 Å². The Kier molecular flexibility index (Phi) is 5.97. The lowest BCUT2D eigenvalue weighted by molar-refractivity contribution is -0.0440. The van der Waals surface area contributed by atoms with Crippen molar-refractivity contribution in [2.75, 3.05) is 19.7 Å². The molecule has 1 aromatic carbocycles. The van der Waals surface area contributed by atoms with E-state index in [4.69, 9.17) is 9.84 Å². The van der Waals surface area contributed by atoms with Gasteiger partial charge in [-0.3, -0.25) is 4.79 Å². The molecular weight excluding hydrogens is 332 g/mol. The van der Waals surface area contributed by atoms with Crippen LogP contribution in [0.4, 0.5) is 0 Å². The van der Waals surface area contributed by atoms with E-state index in [-0.39, 0.29) is 35.7 Å². The van der Waals surface area contributed by atoms with E-state index in [2.05, 4.69) is 5.32 Å². The number of nitrogens with one attached hydrogen (secondary N) is 1. The van der Waals surface area contributed by atoms with E-state index < -0.39 is 10.0 Å². The fraction of sp³-hybridized carbons (Fsp3) is 0.562. The Labute approximate surface area is 142 Å². The quantitative estimate of drug-likeness (QED) is 0.805. The lowest BCUT2D eigenvalue weighted by atomic mass is 10.2. The van der Waals surface area contributed by atoms with Crippen LogP contribution in [0.2, 0.25) is 0 Å². The van der Waals surface area contributed by atoms with E-state index in [0.29, 0.717) is 18.7 Å². The molecule has 0 unspecified atom stereocenters. The Morgan fingerprint density at radius 1 is 1.29 bits per heavy atom. The number of carbonyl (C=O) groups excluding carboxylic acids is 1. The van der Waals surface area contributed by atoms with E-state index in [1.165, 1.54) is 28.6 Å². The van der Waals surface area contributed by atoms with Crippen LogP contribution in [0.25, 0.3) is 0 Å². The van der Waals surface area contributed by atoms with E-state index in [0.717, 1.165) is 0 Å². The van der Waals surface area contributed by atoms with Gasteiger partial charge in [-0.25, -0.2) is 8.42 Å². The first-order valence-electron chi connectivity index (χ1n) is 7.91. The normalized spacial score (nSPS) is 23.7. The standard InChI is InChI=1S/C16H24N2O5S/c1-11(10-19)17-16(20)14-4-6-15(7-5-14)24(21,22)18-8-12(2)23-13(3)9-18/h4-7,11-13,19H,8-10H2,1-3H3,(H,17,20)/t11-,12-,13-/m0/s1. The zero-order chi connectivity index (χ0) is 17.9. The van der Waals surface area contributed by atoms with Crippen LogP contribution >= 0.6 is 0 Å². The van der Waals surface area contributed by atoms with Crippen molar-refractivity contribution in [1.82, 2.24) is 9.62 Å². The number of hydrogen-bond donors (Lipinski definition) is 2. The third-order valence-corrected chi connectivity index (χ3v) is 5.64. The van der Waals surface area contributed by atoms with E-state index in [1.54, 1.807) is 6.92 Å². The summed E-state index contributed by atoms with van der Waals surface area (Å²) in [5.74, 6) is -0.353. The Morgan fingerprint density at radius 2 is 1.83 bits per heavy atom.